The fraction of sp³-hybridized carbons (Fsp3) is 0.842. The Morgan fingerprint density at radius 2 is 1.64 bits per heavy atom. The van der Waals surface area contributed by atoms with Crippen molar-refractivity contribution in [3.05, 3.63) is 0 Å². The average Bonchev–Trinajstić information content (AvgIpc) is 2.98. The van der Waals surface area contributed by atoms with E-state index >= 15 is 0 Å². The Morgan fingerprint density at radius 1 is 1.00 bits per heavy atom. The number of carboxylic acid groups (broad SMARTS) is 1. The van der Waals surface area contributed by atoms with Crippen LogP contribution in [0.1, 0.15) is 64.7 Å². The first kappa shape index (κ1) is 18.2. The van der Waals surface area contributed by atoms with Gasteiger partial charge in [0.05, 0.1) is 11.8 Å². The number of rotatable bonds is 4. The van der Waals surface area contributed by atoms with Crippen molar-refractivity contribution in [1.82, 2.24) is 10.2 Å². The van der Waals surface area contributed by atoms with E-state index in [1.807, 2.05) is 4.90 Å². The van der Waals surface area contributed by atoms with E-state index in [0.29, 0.717) is 44.7 Å². The highest BCUT2D eigenvalue weighted by Crippen LogP contribution is 2.31. The molecule has 3 rings (SSSR count). The second-order valence-electron chi connectivity index (χ2n) is 8.26. The quantitative estimate of drug-likeness (QED) is 0.813. The van der Waals surface area contributed by atoms with Gasteiger partial charge in [-0.2, -0.15) is 0 Å². The predicted molar refractivity (Wildman–Crippen MR) is 92.8 cm³/mol. The first-order chi connectivity index (χ1) is 11.9. The molecule has 3 fully saturated rings. The summed E-state index contributed by atoms with van der Waals surface area (Å²) < 4.78 is 0. The van der Waals surface area contributed by atoms with Crippen molar-refractivity contribution < 1.29 is 19.5 Å². The van der Waals surface area contributed by atoms with Gasteiger partial charge in [-0.25, -0.2) is 0 Å². The van der Waals surface area contributed by atoms with Crippen LogP contribution in [0.15, 0.2) is 0 Å². The molecule has 2 aliphatic carbocycles. The summed E-state index contributed by atoms with van der Waals surface area (Å²) in [7, 11) is 0. The van der Waals surface area contributed by atoms with E-state index in [4.69, 9.17) is 5.11 Å². The summed E-state index contributed by atoms with van der Waals surface area (Å²) in [6.07, 6.45) is 7.44. The molecule has 0 aromatic heterocycles. The molecule has 6 heteroatoms. The lowest BCUT2D eigenvalue weighted by Gasteiger charge is -2.33. The lowest BCUT2D eigenvalue weighted by atomic mass is 9.86. The van der Waals surface area contributed by atoms with Crippen LogP contribution in [0, 0.1) is 17.8 Å². The second-order valence-corrected chi connectivity index (χ2v) is 8.26. The first-order valence-corrected chi connectivity index (χ1v) is 9.76. The average molecular weight is 350 g/mol. The number of aliphatic carboxylic acids is 1. The Morgan fingerprint density at radius 3 is 2.24 bits per heavy atom. The van der Waals surface area contributed by atoms with Gasteiger partial charge in [0.1, 0.15) is 0 Å². The molecule has 1 unspecified atom stereocenters. The summed E-state index contributed by atoms with van der Waals surface area (Å²) in [4.78, 5) is 37.9. The predicted octanol–water partition coefficient (Wildman–Crippen LogP) is 2.17. The lowest BCUT2D eigenvalue weighted by molar-refractivity contribution is -0.143. The van der Waals surface area contributed by atoms with E-state index in [2.05, 4.69) is 12.2 Å². The molecule has 3 aliphatic rings. The van der Waals surface area contributed by atoms with Crippen LogP contribution in [-0.2, 0) is 14.4 Å². The Labute approximate surface area is 149 Å². The molecule has 1 atom stereocenters. The van der Waals surface area contributed by atoms with Crippen LogP contribution in [0.2, 0.25) is 0 Å². The molecule has 6 nitrogen and oxygen atoms in total. The molecule has 0 aromatic rings. The Balaban J connectivity index is 1.47. The number of carbonyl (C=O) groups is 3. The van der Waals surface area contributed by atoms with Gasteiger partial charge in [-0.15, -0.1) is 0 Å². The van der Waals surface area contributed by atoms with E-state index in [1.54, 1.807) is 0 Å². The molecular formula is C19H30N2O4. The van der Waals surface area contributed by atoms with Crippen molar-refractivity contribution in [3.63, 3.8) is 0 Å². The third kappa shape index (κ3) is 4.33. The Bertz CT molecular complexity index is 520. The third-order valence-electron chi connectivity index (χ3n) is 6.38. The van der Waals surface area contributed by atoms with Crippen LogP contribution in [0.5, 0.6) is 0 Å². The maximum absolute atomic E-state index is 12.5. The normalized spacial score (nSPS) is 36.3. The van der Waals surface area contributed by atoms with Crippen LogP contribution in [0.25, 0.3) is 0 Å². The van der Waals surface area contributed by atoms with E-state index in [0.717, 1.165) is 31.6 Å². The maximum Gasteiger partial charge on any atom is 0.306 e. The number of carboxylic acids is 1. The molecule has 1 aliphatic heterocycles. The summed E-state index contributed by atoms with van der Waals surface area (Å²) in [5.74, 6) is -0.417. The Hall–Kier alpha value is -1.59. The first-order valence-electron chi connectivity index (χ1n) is 9.76. The van der Waals surface area contributed by atoms with Crippen molar-refractivity contribution in [2.24, 2.45) is 17.8 Å². The number of likely N-dealkylation sites (tertiary alicyclic amines) is 1. The van der Waals surface area contributed by atoms with Crippen molar-refractivity contribution in [2.45, 2.75) is 76.8 Å². The van der Waals surface area contributed by atoms with Gasteiger partial charge >= 0.3 is 5.97 Å². The molecule has 1 saturated heterocycles. The van der Waals surface area contributed by atoms with Gasteiger partial charge in [-0.1, -0.05) is 6.92 Å². The molecule has 140 valence electrons. The number of hydrogen-bond donors (Lipinski definition) is 2. The minimum absolute atomic E-state index is 0.0289. The van der Waals surface area contributed by atoms with E-state index in [9.17, 15) is 14.4 Å². The molecule has 0 bridgehead atoms. The van der Waals surface area contributed by atoms with Crippen molar-refractivity contribution >= 4 is 17.8 Å². The van der Waals surface area contributed by atoms with E-state index < -0.39 is 5.97 Å². The van der Waals surface area contributed by atoms with Crippen LogP contribution < -0.4 is 5.32 Å². The van der Waals surface area contributed by atoms with Gasteiger partial charge in [-0.05, 0) is 57.3 Å². The molecule has 2 N–H and O–H groups in total. The third-order valence-corrected chi connectivity index (χ3v) is 6.38. The molecule has 25 heavy (non-hydrogen) atoms. The van der Waals surface area contributed by atoms with E-state index in [1.165, 1.54) is 0 Å². The van der Waals surface area contributed by atoms with E-state index in [-0.39, 0.29) is 29.7 Å². The van der Waals surface area contributed by atoms with Gasteiger partial charge in [0.2, 0.25) is 11.8 Å². The SMILES string of the molecule is CC1CCC(N2CC(C(=O)NC3CCC(C(=O)O)CC3)CC2=O)CC1. The monoisotopic (exact) mass is 350 g/mol. The van der Waals surface area contributed by atoms with Crippen LogP contribution in [-0.4, -0.2) is 46.4 Å². The van der Waals surface area contributed by atoms with Gasteiger partial charge in [-0.3, -0.25) is 14.4 Å². The maximum atomic E-state index is 12.5. The van der Waals surface area contributed by atoms with Gasteiger partial charge < -0.3 is 15.3 Å². The second kappa shape index (κ2) is 7.75. The van der Waals surface area contributed by atoms with Gasteiger partial charge in [0, 0.05) is 25.0 Å². The number of nitrogens with zero attached hydrogens (tertiary/aromatic N) is 1. The number of amides is 2. The highest BCUT2D eigenvalue weighted by molar-refractivity contribution is 5.89. The number of carbonyl (C=O) groups excluding carboxylic acids is 2. The summed E-state index contributed by atoms with van der Waals surface area (Å²) in [5.41, 5.74) is 0. The number of hydrogen-bond acceptors (Lipinski definition) is 3. The summed E-state index contributed by atoms with van der Waals surface area (Å²) in [6, 6.07) is 0.371. The van der Waals surface area contributed by atoms with Crippen LogP contribution in [0.3, 0.4) is 0 Å². The summed E-state index contributed by atoms with van der Waals surface area (Å²) in [5, 5.41) is 12.1. The zero-order chi connectivity index (χ0) is 18.0. The molecule has 2 saturated carbocycles. The standard InChI is InChI=1S/C19H30N2O4/c1-12-2-8-16(9-3-12)21-11-14(10-17(21)22)18(23)20-15-6-4-13(5-7-15)19(24)25/h12-16H,2-11H2,1H3,(H,20,23)(H,24,25). The van der Waals surface area contributed by atoms with Crippen molar-refractivity contribution in [3.8, 4) is 0 Å². The summed E-state index contributed by atoms with van der Waals surface area (Å²) in [6.45, 7) is 2.81. The minimum Gasteiger partial charge on any atom is -0.481 e. The van der Waals surface area contributed by atoms with Gasteiger partial charge in [0.25, 0.3) is 0 Å². The molecule has 0 spiro atoms. The van der Waals surface area contributed by atoms with Gasteiger partial charge in [0.15, 0.2) is 0 Å². The van der Waals surface area contributed by atoms with Crippen molar-refractivity contribution in [2.75, 3.05) is 6.54 Å². The minimum atomic E-state index is -0.733. The summed E-state index contributed by atoms with van der Waals surface area (Å²) >= 11 is 0. The zero-order valence-electron chi connectivity index (χ0n) is 15.1. The topological polar surface area (TPSA) is 86.7 Å². The molecule has 1 heterocycles. The van der Waals surface area contributed by atoms with Crippen LogP contribution >= 0.6 is 0 Å². The molecule has 2 amide bonds. The highest BCUT2D eigenvalue weighted by Gasteiger charge is 2.39. The van der Waals surface area contributed by atoms with Crippen molar-refractivity contribution in [1.29, 1.82) is 0 Å². The highest BCUT2D eigenvalue weighted by atomic mass is 16.4. The number of nitrogens with one attached hydrogen (secondary N) is 1. The molecule has 0 radical (unpaired) electrons. The molecular weight excluding hydrogens is 320 g/mol. The fourth-order valence-corrected chi connectivity index (χ4v) is 4.62. The smallest absolute Gasteiger partial charge is 0.306 e. The Kier molecular flexibility index (Phi) is 5.64. The fourth-order valence-electron chi connectivity index (χ4n) is 4.62. The molecule has 0 aromatic carbocycles. The van der Waals surface area contributed by atoms with Crippen LogP contribution in [0.4, 0.5) is 0 Å². The zero-order valence-corrected chi connectivity index (χ0v) is 15.1. The lowest BCUT2D eigenvalue weighted by Crippen LogP contribution is -2.43. The largest absolute Gasteiger partial charge is 0.481 e.